The van der Waals surface area contributed by atoms with Crippen LogP contribution in [0.4, 0.5) is 5.69 Å². The summed E-state index contributed by atoms with van der Waals surface area (Å²) in [5.41, 5.74) is 4.46. The summed E-state index contributed by atoms with van der Waals surface area (Å²) < 4.78 is 0. The van der Waals surface area contributed by atoms with Crippen LogP contribution in [0.5, 0.6) is 5.75 Å². The van der Waals surface area contributed by atoms with E-state index in [0.29, 0.717) is 11.5 Å². The molecule has 1 heterocycles. The highest BCUT2D eigenvalue weighted by molar-refractivity contribution is 6.24. The fraction of sp³-hybridized carbons (Fsp3) is 0.567. The Hall–Kier alpha value is -3.41. The van der Waals surface area contributed by atoms with Crippen LogP contribution in [-0.2, 0) is 20.8 Å². The number of phenolic OH excluding ortho intramolecular Hbond substituents is 1. The zero-order valence-corrected chi connectivity index (χ0v) is 24.4. The summed E-state index contributed by atoms with van der Waals surface area (Å²) in [5, 5.41) is 45.6. The highest BCUT2D eigenvalue weighted by Gasteiger charge is 2.64. The van der Waals surface area contributed by atoms with E-state index >= 15 is 0 Å². The number of carbonyl (C=O) groups is 3. The number of carbonyl (C=O) groups excluding carboxylic acids is 3. The molecule has 0 bridgehead atoms. The molecule has 3 aliphatic carbocycles. The smallest absolute Gasteiger partial charge is 0.255 e. The van der Waals surface area contributed by atoms with Crippen LogP contribution in [0, 0.1) is 17.8 Å². The Morgan fingerprint density at radius 3 is 2.44 bits per heavy atom. The highest BCUT2D eigenvalue weighted by Crippen LogP contribution is 2.55. The van der Waals surface area contributed by atoms with Crippen molar-refractivity contribution in [3.63, 3.8) is 0 Å². The molecule has 1 amide bonds. The molecule has 6 N–H and O–H groups in total. The first kappa shape index (κ1) is 29.1. The Morgan fingerprint density at radius 2 is 1.85 bits per heavy atom. The average molecular weight is 569 g/mol. The highest BCUT2D eigenvalue weighted by atomic mass is 16.3. The Labute approximate surface area is 239 Å². The third-order valence-electron chi connectivity index (χ3n) is 9.39. The van der Waals surface area contributed by atoms with E-state index in [1.807, 2.05) is 7.05 Å². The first-order valence-corrected chi connectivity index (χ1v) is 14.1. The van der Waals surface area contributed by atoms with Crippen LogP contribution in [0.15, 0.2) is 23.0 Å². The predicted octanol–water partition coefficient (Wildman–Crippen LogP) is 1.43. The van der Waals surface area contributed by atoms with Gasteiger partial charge in [0.15, 0.2) is 11.4 Å². The summed E-state index contributed by atoms with van der Waals surface area (Å²) >= 11 is 0. The van der Waals surface area contributed by atoms with Gasteiger partial charge in [-0.1, -0.05) is 13.8 Å². The Balaban J connectivity index is 1.70. The van der Waals surface area contributed by atoms with Crippen LogP contribution in [0.2, 0.25) is 0 Å². The summed E-state index contributed by atoms with van der Waals surface area (Å²) in [5.74, 6) is -6.00. The molecule has 5 rings (SSSR count). The lowest BCUT2D eigenvalue weighted by molar-refractivity contribution is -0.153. The van der Waals surface area contributed by atoms with Crippen molar-refractivity contribution < 1.29 is 34.8 Å². The van der Waals surface area contributed by atoms with Gasteiger partial charge in [-0.15, -0.1) is 0 Å². The van der Waals surface area contributed by atoms with Gasteiger partial charge in [0, 0.05) is 43.4 Å². The van der Waals surface area contributed by atoms with Crippen molar-refractivity contribution in [1.29, 1.82) is 0 Å². The number of benzene rings is 1. The summed E-state index contributed by atoms with van der Waals surface area (Å²) in [7, 11) is 7.20. The second-order valence-corrected chi connectivity index (χ2v) is 12.7. The third kappa shape index (κ3) is 4.08. The molecular formula is C30H40N4O7. The van der Waals surface area contributed by atoms with Gasteiger partial charge < -0.3 is 31.1 Å². The van der Waals surface area contributed by atoms with Crippen LogP contribution in [0.3, 0.4) is 0 Å². The molecule has 0 radical (unpaired) electrons. The molecule has 11 heteroatoms. The van der Waals surface area contributed by atoms with E-state index in [9.17, 15) is 34.8 Å². The fourth-order valence-corrected chi connectivity index (χ4v) is 7.78. The van der Waals surface area contributed by atoms with Crippen molar-refractivity contribution in [3.8, 4) is 5.75 Å². The third-order valence-corrected chi connectivity index (χ3v) is 9.39. The van der Waals surface area contributed by atoms with Gasteiger partial charge in [0.2, 0.25) is 5.78 Å². The van der Waals surface area contributed by atoms with Crippen LogP contribution >= 0.6 is 0 Å². The number of anilines is 1. The molecule has 0 aromatic heterocycles. The number of nitrogens with zero attached hydrogens (tertiary/aromatic N) is 3. The van der Waals surface area contributed by atoms with Crippen molar-refractivity contribution in [1.82, 2.24) is 9.80 Å². The van der Waals surface area contributed by atoms with Crippen molar-refractivity contribution in [2.75, 3.05) is 46.2 Å². The molecule has 1 unspecified atom stereocenters. The number of aliphatic hydroxyl groups is 3. The fourth-order valence-electron chi connectivity index (χ4n) is 7.78. The summed E-state index contributed by atoms with van der Waals surface area (Å²) in [4.78, 5) is 45.4. The van der Waals surface area contributed by atoms with E-state index in [2.05, 4.69) is 30.7 Å². The maximum absolute atomic E-state index is 14.1. The summed E-state index contributed by atoms with van der Waals surface area (Å²) in [6.45, 7) is 5.92. The topological polar surface area (TPSA) is 168 Å². The van der Waals surface area contributed by atoms with Gasteiger partial charge in [0.05, 0.1) is 11.6 Å². The average Bonchev–Trinajstić information content (AvgIpc) is 2.85. The summed E-state index contributed by atoms with van der Waals surface area (Å²) in [6.07, 6.45) is 1.20. The maximum Gasteiger partial charge on any atom is 0.255 e. The Kier molecular flexibility index (Phi) is 6.99. The largest absolute Gasteiger partial charge is 0.508 e. The number of ketones is 2. The van der Waals surface area contributed by atoms with Gasteiger partial charge in [-0.05, 0) is 69.4 Å². The number of hydrogen-bond acceptors (Lipinski definition) is 10. The monoisotopic (exact) mass is 568 g/mol. The Bertz CT molecular complexity index is 1410. The normalized spacial score (nSPS) is 29.7. The predicted molar refractivity (Wildman–Crippen MR) is 152 cm³/mol. The van der Waals surface area contributed by atoms with E-state index < -0.39 is 58.0 Å². The van der Waals surface area contributed by atoms with Crippen molar-refractivity contribution in [2.45, 2.75) is 50.8 Å². The van der Waals surface area contributed by atoms with Crippen molar-refractivity contribution in [2.24, 2.45) is 23.5 Å². The molecule has 41 heavy (non-hydrogen) atoms. The molecule has 5 atom stereocenters. The standard InChI is InChI=1S/C30H40N4O7/c1-13(2)12-34(6)18-7-8-33(5)23-15(18)11-19(35)21-16(23)9-14-10-17-24(32(3)4)26(37)22(29(31)40)28(39)30(17,41)27(38)20(14)25(21)36/h11,13-14,17-18,24,35-36,39,41H,7-10,12H2,1-6H3,(H2,31,40)/t14-,17-,18?,24-,30+/m1/s1. The molecule has 0 saturated heterocycles. The number of fused-ring (bicyclic) bond motifs is 5. The van der Waals surface area contributed by atoms with Crippen LogP contribution < -0.4 is 10.6 Å². The number of aromatic hydroxyl groups is 1. The number of amides is 1. The van der Waals surface area contributed by atoms with Gasteiger partial charge in [-0.2, -0.15) is 0 Å². The lowest BCUT2D eigenvalue weighted by atomic mass is 9.57. The summed E-state index contributed by atoms with van der Waals surface area (Å²) in [6, 6.07) is 0.591. The van der Waals surface area contributed by atoms with Crippen LogP contribution in [0.1, 0.15) is 49.4 Å². The van der Waals surface area contributed by atoms with Gasteiger partial charge >= 0.3 is 0 Å². The van der Waals surface area contributed by atoms with Gasteiger partial charge in [0.1, 0.15) is 22.8 Å². The van der Waals surface area contributed by atoms with Crippen LogP contribution in [-0.4, -0.2) is 101 Å². The molecule has 4 aliphatic rings. The first-order valence-electron chi connectivity index (χ1n) is 14.1. The van der Waals surface area contributed by atoms with Gasteiger partial charge in [0.25, 0.3) is 5.91 Å². The molecule has 1 saturated carbocycles. The molecule has 1 aliphatic heterocycles. The second-order valence-electron chi connectivity index (χ2n) is 12.7. The lowest BCUT2D eigenvalue weighted by Gasteiger charge is -2.50. The minimum Gasteiger partial charge on any atom is -0.508 e. The molecule has 0 spiro atoms. The van der Waals surface area contributed by atoms with E-state index in [1.165, 1.54) is 4.90 Å². The molecule has 1 aromatic rings. The molecule has 11 nitrogen and oxygen atoms in total. The molecule has 1 aromatic carbocycles. The second kappa shape index (κ2) is 9.85. The van der Waals surface area contributed by atoms with Crippen molar-refractivity contribution in [3.05, 3.63) is 39.7 Å². The quantitative estimate of drug-likeness (QED) is 0.328. The zero-order valence-electron chi connectivity index (χ0n) is 24.4. The van der Waals surface area contributed by atoms with Crippen LogP contribution in [0.25, 0.3) is 5.76 Å². The minimum absolute atomic E-state index is 0.0498. The van der Waals surface area contributed by atoms with E-state index in [1.54, 1.807) is 20.2 Å². The lowest BCUT2D eigenvalue weighted by Crippen LogP contribution is -2.65. The number of likely N-dealkylation sites (N-methyl/N-ethyl adjacent to an activating group) is 1. The van der Waals surface area contributed by atoms with Gasteiger partial charge in [-0.3, -0.25) is 24.2 Å². The molecule has 222 valence electrons. The number of rotatable bonds is 5. The number of phenols is 1. The van der Waals surface area contributed by atoms with Gasteiger partial charge in [-0.25, -0.2) is 0 Å². The van der Waals surface area contributed by atoms with Crippen molar-refractivity contribution >= 4 is 28.9 Å². The number of aliphatic hydroxyl groups excluding tert-OH is 2. The SMILES string of the molecule is CC(C)CN(C)C1CCN(C)c2c1cc(O)c1c2C[C@@H]2C[C@@H]3[C@@H](N(C)C)C(=O)C(C(N)=O)=C(O)[C@@]3(O)C(=O)C2=C1O. The zero-order chi connectivity index (χ0) is 30.3. The number of nitrogens with two attached hydrogens (primary N) is 1. The van der Waals surface area contributed by atoms with E-state index in [4.69, 9.17) is 5.73 Å². The van der Waals surface area contributed by atoms with E-state index in [-0.39, 0.29) is 35.8 Å². The minimum atomic E-state index is -2.64. The Morgan fingerprint density at radius 1 is 1.20 bits per heavy atom. The molecule has 1 fully saturated rings. The number of Topliss-reactive ketones (excluding diaryl/α,β-unsaturated/α-hetero) is 2. The number of primary amides is 1. The first-order chi connectivity index (χ1) is 19.1. The molecular weight excluding hydrogens is 528 g/mol. The maximum atomic E-state index is 14.1. The number of hydrogen-bond donors (Lipinski definition) is 5. The van der Waals surface area contributed by atoms with E-state index in [0.717, 1.165) is 30.8 Å².